The number of carbonyl (C=O) groups is 2. The lowest BCUT2D eigenvalue weighted by molar-refractivity contribution is -0.130. The van der Waals surface area contributed by atoms with Crippen molar-refractivity contribution in [3.05, 3.63) is 72.1 Å². The third-order valence-electron chi connectivity index (χ3n) is 6.39. The number of nitrogens with zero attached hydrogens (tertiary/aromatic N) is 7. The predicted octanol–water partition coefficient (Wildman–Crippen LogP) is 1.99. The Morgan fingerprint density at radius 2 is 2.00 bits per heavy atom. The molecular weight excluding hydrogens is 477 g/mol. The van der Waals surface area contributed by atoms with Crippen LogP contribution in [-0.2, 0) is 4.79 Å². The van der Waals surface area contributed by atoms with Gasteiger partial charge in [0.15, 0.2) is 11.6 Å². The van der Waals surface area contributed by atoms with Gasteiger partial charge in [-0.3, -0.25) is 14.6 Å². The summed E-state index contributed by atoms with van der Waals surface area (Å²) < 4.78 is 14.9. The second-order valence-electron chi connectivity index (χ2n) is 8.79. The summed E-state index contributed by atoms with van der Waals surface area (Å²) in [6.45, 7) is 2.84. The van der Waals surface area contributed by atoms with Gasteiger partial charge in [-0.05, 0) is 6.92 Å². The number of pyridine rings is 1. The number of amides is 1. The van der Waals surface area contributed by atoms with Crippen molar-refractivity contribution >= 4 is 34.2 Å². The summed E-state index contributed by atoms with van der Waals surface area (Å²) in [4.78, 5) is 41.1. The van der Waals surface area contributed by atoms with Gasteiger partial charge in [0, 0.05) is 56.9 Å². The number of nitriles is 1. The highest BCUT2D eigenvalue weighted by Gasteiger charge is 2.34. The Bertz CT molecular complexity index is 1460. The van der Waals surface area contributed by atoms with Gasteiger partial charge in [-0.2, -0.15) is 10.3 Å². The quantitative estimate of drug-likeness (QED) is 0.183. The number of halogens is 1. The Morgan fingerprint density at radius 3 is 2.68 bits per heavy atom. The zero-order valence-corrected chi connectivity index (χ0v) is 20.2. The van der Waals surface area contributed by atoms with E-state index in [4.69, 9.17) is 0 Å². The number of nitrogens with one attached hydrogen (secondary N) is 2. The summed E-state index contributed by atoms with van der Waals surface area (Å²) in [6.07, 6.45) is 7.68. The zero-order chi connectivity index (χ0) is 26.1. The number of carbonyl (C=O) groups excluding carboxylic acids is 2. The number of Topliss-reactive ketones (excluding diaryl/α,β-unsaturated/α-hetero) is 1. The summed E-state index contributed by atoms with van der Waals surface area (Å²) >= 11 is 0. The van der Waals surface area contributed by atoms with E-state index in [0.29, 0.717) is 30.3 Å². The fraction of sp³-hybridized carbons (Fsp3) is 0.240. The number of ketones is 1. The van der Waals surface area contributed by atoms with E-state index in [0.717, 1.165) is 11.8 Å². The summed E-state index contributed by atoms with van der Waals surface area (Å²) in [7, 11) is 1.79. The maximum absolute atomic E-state index is 14.9. The van der Waals surface area contributed by atoms with E-state index in [-0.39, 0.29) is 23.5 Å². The number of rotatable bonds is 4. The Balaban J connectivity index is 1.37. The maximum Gasteiger partial charge on any atom is 0.295 e. The van der Waals surface area contributed by atoms with Crippen molar-refractivity contribution in [2.24, 2.45) is 4.99 Å². The molecule has 1 fully saturated rings. The first kappa shape index (κ1) is 24.0. The molecule has 2 aromatic heterocycles. The van der Waals surface area contributed by atoms with Crippen LogP contribution in [0.4, 0.5) is 10.2 Å². The van der Waals surface area contributed by atoms with Crippen molar-refractivity contribution in [3.63, 3.8) is 0 Å². The normalized spacial score (nSPS) is 18.0. The average molecular weight is 502 g/mol. The lowest BCUT2D eigenvalue weighted by Crippen LogP contribution is -2.57. The molecule has 11 nitrogen and oxygen atoms in total. The van der Waals surface area contributed by atoms with Crippen molar-refractivity contribution in [1.82, 2.24) is 30.3 Å². The molecule has 37 heavy (non-hydrogen) atoms. The number of hydrogen-bond acceptors (Lipinski definition) is 8. The number of aromatic nitrogens is 2. The molecule has 188 valence electrons. The molecule has 0 saturated carbocycles. The fourth-order valence-electron chi connectivity index (χ4n) is 4.63. The number of H-pyrrole nitrogens is 1. The smallest absolute Gasteiger partial charge is 0.295 e. The number of aromatic amines is 1. The molecule has 12 heteroatoms. The highest BCUT2D eigenvalue weighted by molar-refractivity contribution is 6.45. The topological polar surface area (TPSA) is 124 Å². The molecule has 4 heterocycles. The van der Waals surface area contributed by atoms with Gasteiger partial charge in [-0.25, -0.2) is 14.4 Å². The monoisotopic (exact) mass is 501 g/mol. The molecule has 0 unspecified atom stereocenters. The molecule has 1 amide bonds. The van der Waals surface area contributed by atoms with E-state index < -0.39 is 17.5 Å². The minimum atomic E-state index is -0.807. The minimum absolute atomic E-state index is 0.00640. The van der Waals surface area contributed by atoms with Crippen molar-refractivity contribution in [1.29, 1.82) is 5.26 Å². The molecule has 1 atom stereocenters. The van der Waals surface area contributed by atoms with Crippen LogP contribution in [0, 0.1) is 17.3 Å². The lowest BCUT2D eigenvalue weighted by atomic mass is 10.1. The van der Waals surface area contributed by atoms with Crippen LogP contribution in [-0.4, -0.2) is 75.0 Å². The van der Waals surface area contributed by atoms with Crippen LogP contribution in [0.25, 0.3) is 10.9 Å². The molecule has 2 aliphatic heterocycles. The Hall–Kier alpha value is -4.76. The van der Waals surface area contributed by atoms with Crippen LogP contribution < -0.4 is 10.5 Å². The van der Waals surface area contributed by atoms with Crippen LogP contribution in [0.15, 0.2) is 60.1 Å². The average Bonchev–Trinajstić information content (AvgIpc) is 3.54. The van der Waals surface area contributed by atoms with Gasteiger partial charge in [-0.1, -0.05) is 30.3 Å². The van der Waals surface area contributed by atoms with Gasteiger partial charge in [-0.15, -0.1) is 5.53 Å². The second kappa shape index (κ2) is 9.71. The van der Waals surface area contributed by atoms with Gasteiger partial charge in [0.05, 0.1) is 22.7 Å². The highest BCUT2D eigenvalue weighted by atomic mass is 19.1. The van der Waals surface area contributed by atoms with Crippen molar-refractivity contribution in [2.45, 2.75) is 13.0 Å². The van der Waals surface area contributed by atoms with Crippen LogP contribution in [0.1, 0.15) is 22.8 Å². The molecule has 3 aromatic rings. The van der Waals surface area contributed by atoms with E-state index in [1.54, 1.807) is 29.5 Å². The summed E-state index contributed by atoms with van der Waals surface area (Å²) in [5, 5.41) is 12.5. The molecule has 0 aliphatic carbocycles. The molecule has 0 bridgehead atoms. The molecule has 5 rings (SSSR count). The molecule has 1 aromatic carbocycles. The SMILES string of the molecule is C[C@H]1CN(C(=NC#N)c2ccccc2)CCN1C(=O)C(=O)c1c[nH]c2c(N3C=CN(C)N3)ncc(F)c12. The van der Waals surface area contributed by atoms with Crippen molar-refractivity contribution < 1.29 is 14.0 Å². The number of aliphatic imine (C=N–C) groups is 1. The van der Waals surface area contributed by atoms with Gasteiger partial charge >= 0.3 is 0 Å². The first-order chi connectivity index (χ1) is 17.9. The number of piperazine rings is 1. The van der Waals surface area contributed by atoms with Gasteiger partial charge < -0.3 is 14.8 Å². The van der Waals surface area contributed by atoms with E-state index in [1.807, 2.05) is 48.3 Å². The number of anilines is 1. The van der Waals surface area contributed by atoms with Gasteiger partial charge in [0.2, 0.25) is 6.19 Å². The highest BCUT2D eigenvalue weighted by Crippen LogP contribution is 2.30. The standard InChI is InChI=1S/C25H24FN9O2/c1-16-14-33(23(30-15-27)17-6-4-3-5-7-17)9-10-34(16)25(37)22(36)18-12-28-21-20(18)19(26)13-29-24(21)35-11-8-32(2)31-35/h3-8,11-13,16,28,31H,9-10,14H2,1-2H3/t16-/m0/s1. The molecular formula is C25H24FN9O2. The van der Waals surface area contributed by atoms with Gasteiger partial charge in [0.25, 0.3) is 11.7 Å². The lowest BCUT2D eigenvalue weighted by Gasteiger charge is -2.40. The Morgan fingerprint density at radius 1 is 1.22 bits per heavy atom. The van der Waals surface area contributed by atoms with Crippen LogP contribution in [0.2, 0.25) is 0 Å². The zero-order valence-electron chi connectivity index (χ0n) is 20.2. The summed E-state index contributed by atoms with van der Waals surface area (Å²) in [6, 6.07) is 8.98. The van der Waals surface area contributed by atoms with Crippen molar-refractivity contribution in [2.75, 3.05) is 31.7 Å². The fourth-order valence-corrected chi connectivity index (χ4v) is 4.63. The second-order valence-corrected chi connectivity index (χ2v) is 8.79. The van der Waals surface area contributed by atoms with E-state index in [2.05, 4.69) is 20.5 Å². The van der Waals surface area contributed by atoms with Crippen LogP contribution in [0.3, 0.4) is 0 Å². The first-order valence-electron chi connectivity index (χ1n) is 11.6. The molecule has 0 radical (unpaired) electrons. The Kier molecular flexibility index (Phi) is 6.29. The molecule has 1 saturated heterocycles. The number of amidine groups is 1. The first-order valence-corrected chi connectivity index (χ1v) is 11.6. The van der Waals surface area contributed by atoms with Crippen LogP contribution in [0.5, 0.6) is 0 Å². The minimum Gasteiger partial charge on any atom is -0.357 e. The predicted molar refractivity (Wildman–Crippen MR) is 134 cm³/mol. The Labute approximate surface area is 212 Å². The van der Waals surface area contributed by atoms with Gasteiger partial charge in [0.1, 0.15) is 5.84 Å². The number of fused-ring (bicyclic) bond motifs is 1. The summed E-state index contributed by atoms with van der Waals surface area (Å²) in [5.41, 5.74) is 4.02. The number of hydrazine groups is 2. The number of benzene rings is 1. The van der Waals surface area contributed by atoms with E-state index >= 15 is 0 Å². The van der Waals surface area contributed by atoms with Crippen LogP contribution >= 0.6 is 0 Å². The molecule has 2 aliphatic rings. The third-order valence-corrected chi connectivity index (χ3v) is 6.39. The number of hydrogen-bond donors (Lipinski definition) is 2. The third kappa shape index (κ3) is 4.36. The molecule has 2 N–H and O–H groups in total. The van der Waals surface area contributed by atoms with E-state index in [1.165, 1.54) is 11.1 Å². The van der Waals surface area contributed by atoms with Crippen molar-refractivity contribution in [3.8, 4) is 6.19 Å². The summed E-state index contributed by atoms with van der Waals surface area (Å²) in [5.74, 6) is -1.36. The molecule has 0 spiro atoms. The largest absolute Gasteiger partial charge is 0.357 e. The van der Waals surface area contributed by atoms with E-state index in [9.17, 15) is 19.2 Å². The maximum atomic E-state index is 14.9.